The van der Waals surface area contributed by atoms with Crippen molar-refractivity contribution in [3.63, 3.8) is 0 Å². The van der Waals surface area contributed by atoms with E-state index in [1.54, 1.807) is 4.90 Å². The third-order valence-corrected chi connectivity index (χ3v) is 4.25. The van der Waals surface area contributed by atoms with Crippen LogP contribution in [0, 0.1) is 0 Å². The number of carbonyl (C=O) groups is 2. The summed E-state index contributed by atoms with van der Waals surface area (Å²) in [6, 6.07) is 9.73. The highest BCUT2D eigenvalue weighted by Crippen LogP contribution is 2.09. The van der Waals surface area contributed by atoms with E-state index in [9.17, 15) is 9.59 Å². The molecule has 6 heteroatoms. The van der Waals surface area contributed by atoms with Crippen LogP contribution in [0.15, 0.2) is 48.9 Å². The second-order valence-electron chi connectivity index (χ2n) is 6.46. The Balaban J connectivity index is 1.92. The lowest BCUT2D eigenvalue weighted by Gasteiger charge is -2.22. The molecule has 2 amide bonds. The molecule has 0 bridgehead atoms. The zero-order valence-electron chi connectivity index (χ0n) is 15.9. The van der Waals surface area contributed by atoms with Gasteiger partial charge in [-0.2, -0.15) is 0 Å². The molecule has 0 aliphatic rings. The molecule has 0 atom stereocenters. The van der Waals surface area contributed by atoms with Crippen LogP contribution >= 0.6 is 0 Å². The van der Waals surface area contributed by atoms with Gasteiger partial charge in [-0.15, -0.1) is 0 Å². The van der Waals surface area contributed by atoms with Gasteiger partial charge >= 0.3 is 0 Å². The quantitative estimate of drug-likeness (QED) is 0.618. The minimum absolute atomic E-state index is 0.0310. The molecule has 27 heavy (non-hydrogen) atoms. The Morgan fingerprint density at radius 3 is 2.59 bits per heavy atom. The van der Waals surface area contributed by atoms with Crippen molar-refractivity contribution in [3.05, 3.63) is 60.2 Å². The predicted molar refractivity (Wildman–Crippen MR) is 105 cm³/mol. The van der Waals surface area contributed by atoms with Crippen molar-refractivity contribution in [2.75, 3.05) is 13.1 Å². The smallest absolute Gasteiger partial charge is 0.274 e. The number of hydrogen-bond acceptors (Lipinski definition) is 4. The van der Waals surface area contributed by atoms with Crippen molar-refractivity contribution in [2.24, 2.45) is 0 Å². The zero-order valence-corrected chi connectivity index (χ0v) is 15.9. The average molecular weight is 368 g/mol. The molecule has 0 unspecified atom stereocenters. The van der Waals surface area contributed by atoms with E-state index in [1.807, 2.05) is 30.3 Å². The molecule has 1 heterocycles. The van der Waals surface area contributed by atoms with Gasteiger partial charge in [-0.25, -0.2) is 4.98 Å². The van der Waals surface area contributed by atoms with Crippen LogP contribution < -0.4 is 5.32 Å². The van der Waals surface area contributed by atoms with Crippen molar-refractivity contribution < 1.29 is 9.59 Å². The highest BCUT2D eigenvalue weighted by Gasteiger charge is 2.18. The minimum Gasteiger partial charge on any atom is -0.356 e. The number of amides is 2. The molecule has 0 aliphatic carbocycles. The Kier molecular flexibility index (Phi) is 8.96. The lowest BCUT2D eigenvalue weighted by molar-refractivity contribution is -0.121. The fourth-order valence-corrected chi connectivity index (χ4v) is 2.73. The van der Waals surface area contributed by atoms with Gasteiger partial charge in [0.1, 0.15) is 5.69 Å². The number of hydrogen-bond donors (Lipinski definition) is 1. The van der Waals surface area contributed by atoms with Crippen molar-refractivity contribution >= 4 is 11.8 Å². The predicted octanol–water partition coefficient (Wildman–Crippen LogP) is 3.21. The minimum atomic E-state index is -0.220. The van der Waals surface area contributed by atoms with Crippen LogP contribution in [0.2, 0.25) is 0 Å². The molecule has 2 rings (SSSR count). The Morgan fingerprint density at radius 2 is 1.89 bits per heavy atom. The molecule has 0 radical (unpaired) electrons. The SMILES string of the molecule is CCCCCCNC(=O)CCN(Cc1ccccc1)C(=O)c1cnccn1. The van der Waals surface area contributed by atoms with Gasteiger partial charge in [0.25, 0.3) is 5.91 Å². The van der Waals surface area contributed by atoms with Gasteiger partial charge in [0, 0.05) is 38.4 Å². The first-order valence-corrected chi connectivity index (χ1v) is 9.56. The summed E-state index contributed by atoms with van der Waals surface area (Å²) < 4.78 is 0. The van der Waals surface area contributed by atoms with Crippen LogP contribution in [0.25, 0.3) is 0 Å². The molecule has 6 nitrogen and oxygen atoms in total. The zero-order chi connectivity index (χ0) is 19.3. The summed E-state index contributed by atoms with van der Waals surface area (Å²) >= 11 is 0. The molecule has 0 spiro atoms. The van der Waals surface area contributed by atoms with Crippen LogP contribution in [0.4, 0.5) is 0 Å². The van der Waals surface area contributed by atoms with Gasteiger partial charge in [-0.3, -0.25) is 14.6 Å². The van der Waals surface area contributed by atoms with Crippen LogP contribution in [0.5, 0.6) is 0 Å². The van der Waals surface area contributed by atoms with E-state index in [0.29, 0.717) is 19.6 Å². The summed E-state index contributed by atoms with van der Waals surface area (Å²) in [5.41, 5.74) is 1.29. The van der Waals surface area contributed by atoms with Gasteiger partial charge in [-0.1, -0.05) is 56.5 Å². The van der Waals surface area contributed by atoms with Gasteiger partial charge in [0.05, 0.1) is 6.20 Å². The molecule has 0 aliphatic heterocycles. The Bertz CT molecular complexity index is 692. The highest BCUT2D eigenvalue weighted by molar-refractivity contribution is 5.92. The number of unbranched alkanes of at least 4 members (excludes halogenated alkanes) is 3. The monoisotopic (exact) mass is 368 g/mol. The first kappa shape index (κ1) is 20.6. The second kappa shape index (κ2) is 11.8. The average Bonchev–Trinajstić information content (AvgIpc) is 2.72. The largest absolute Gasteiger partial charge is 0.356 e. The molecule has 144 valence electrons. The van der Waals surface area contributed by atoms with Gasteiger partial charge in [-0.05, 0) is 12.0 Å². The topological polar surface area (TPSA) is 75.2 Å². The van der Waals surface area contributed by atoms with Crippen LogP contribution in [-0.2, 0) is 11.3 Å². The first-order valence-electron chi connectivity index (χ1n) is 9.56. The summed E-state index contributed by atoms with van der Waals surface area (Å²) in [6.45, 7) is 3.62. The fraction of sp³-hybridized carbons (Fsp3) is 0.429. The maximum absolute atomic E-state index is 12.8. The molecule has 2 aromatic rings. The second-order valence-corrected chi connectivity index (χ2v) is 6.46. The van der Waals surface area contributed by atoms with E-state index in [4.69, 9.17) is 0 Å². The van der Waals surface area contributed by atoms with E-state index < -0.39 is 0 Å². The lowest BCUT2D eigenvalue weighted by atomic mass is 10.2. The first-order chi connectivity index (χ1) is 13.2. The number of aromatic nitrogens is 2. The Hall–Kier alpha value is -2.76. The van der Waals surface area contributed by atoms with Gasteiger partial charge < -0.3 is 10.2 Å². The van der Waals surface area contributed by atoms with Crippen LogP contribution in [0.3, 0.4) is 0 Å². The molecular weight excluding hydrogens is 340 g/mol. The molecule has 0 saturated carbocycles. The summed E-state index contributed by atoms with van der Waals surface area (Å²) in [5, 5.41) is 2.93. The van der Waals surface area contributed by atoms with E-state index >= 15 is 0 Å². The molecule has 1 aromatic carbocycles. The molecular formula is C21H28N4O2. The van der Waals surface area contributed by atoms with E-state index in [2.05, 4.69) is 22.2 Å². The maximum Gasteiger partial charge on any atom is 0.274 e. The van der Waals surface area contributed by atoms with Crippen molar-refractivity contribution in [1.29, 1.82) is 0 Å². The van der Waals surface area contributed by atoms with E-state index in [0.717, 1.165) is 18.4 Å². The van der Waals surface area contributed by atoms with Crippen LogP contribution in [-0.4, -0.2) is 39.8 Å². The summed E-state index contributed by atoms with van der Waals surface area (Å²) in [7, 11) is 0. The molecule has 1 aromatic heterocycles. The summed E-state index contributed by atoms with van der Waals surface area (Å²) in [4.78, 5) is 34.6. The maximum atomic E-state index is 12.8. The van der Waals surface area contributed by atoms with Crippen molar-refractivity contribution in [1.82, 2.24) is 20.2 Å². The number of nitrogens with zero attached hydrogens (tertiary/aromatic N) is 3. The number of nitrogens with one attached hydrogen (secondary N) is 1. The van der Waals surface area contributed by atoms with Crippen LogP contribution in [0.1, 0.15) is 55.1 Å². The normalized spacial score (nSPS) is 10.4. The Morgan fingerprint density at radius 1 is 1.07 bits per heavy atom. The number of benzene rings is 1. The van der Waals surface area contributed by atoms with Crippen molar-refractivity contribution in [3.8, 4) is 0 Å². The third kappa shape index (κ3) is 7.56. The molecule has 0 fully saturated rings. The summed E-state index contributed by atoms with van der Waals surface area (Å²) in [6.07, 6.45) is 9.23. The molecule has 0 saturated heterocycles. The third-order valence-electron chi connectivity index (χ3n) is 4.25. The Labute approximate surface area is 161 Å². The highest BCUT2D eigenvalue weighted by atomic mass is 16.2. The fourth-order valence-electron chi connectivity index (χ4n) is 2.73. The standard InChI is InChI=1S/C21H28N4O2/c1-2-3-4-8-12-24-20(26)11-15-25(17-18-9-6-5-7-10-18)21(27)19-16-22-13-14-23-19/h5-7,9-10,13-14,16H,2-4,8,11-12,15,17H2,1H3,(H,24,26). The number of rotatable bonds is 11. The number of carbonyl (C=O) groups excluding carboxylic acids is 2. The van der Waals surface area contributed by atoms with Crippen molar-refractivity contribution in [2.45, 2.75) is 45.6 Å². The summed E-state index contributed by atoms with van der Waals surface area (Å²) in [5.74, 6) is -0.251. The van der Waals surface area contributed by atoms with E-state index in [-0.39, 0.29) is 23.9 Å². The van der Waals surface area contributed by atoms with Gasteiger partial charge in [0.2, 0.25) is 5.91 Å². The van der Waals surface area contributed by atoms with E-state index in [1.165, 1.54) is 31.4 Å². The lowest BCUT2D eigenvalue weighted by Crippen LogP contribution is -2.35. The molecule has 1 N–H and O–H groups in total. The van der Waals surface area contributed by atoms with Gasteiger partial charge in [0.15, 0.2) is 0 Å².